The molecule has 0 radical (unpaired) electrons. The number of rotatable bonds is 7. The van der Waals surface area contributed by atoms with E-state index in [-0.39, 0.29) is 16.8 Å². The predicted molar refractivity (Wildman–Crippen MR) is 126 cm³/mol. The molecule has 1 saturated heterocycles. The summed E-state index contributed by atoms with van der Waals surface area (Å²) in [6.45, 7) is 14.6. The zero-order valence-electron chi connectivity index (χ0n) is 19.9. The molecule has 1 heterocycles. The zero-order chi connectivity index (χ0) is 23.4. The summed E-state index contributed by atoms with van der Waals surface area (Å²) in [5, 5.41) is 0. The first-order valence-corrected chi connectivity index (χ1v) is 11.8. The smallest absolute Gasteiger partial charge is 0.412 e. The monoisotopic (exact) mass is 496 g/mol. The highest BCUT2D eigenvalue weighted by atomic mass is 79.9. The molecule has 7 heteroatoms. The quantitative estimate of drug-likeness (QED) is 0.486. The molecule has 1 aliphatic rings. The lowest BCUT2D eigenvalue weighted by atomic mass is 10.1. The predicted octanol–water partition coefficient (Wildman–Crippen LogP) is 5.20. The van der Waals surface area contributed by atoms with Crippen LogP contribution in [0.3, 0.4) is 0 Å². The summed E-state index contributed by atoms with van der Waals surface area (Å²) in [5.41, 5.74) is -0.375. The minimum atomic E-state index is -0.805. The van der Waals surface area contributed by atoms with Crippen LogP contribution >= 0.6 is 15.9 Å². The van der Waals surface area contributed by atoms with Crippen molar-refractivity contribution in [2.75, 3.05) is 13.2 Å². The molecule has 31 heavy (non-hydrogen) atoms. The fraction of sp³-hybridized carbons (Fsp3) is 0.667. The first-order valence-electron chi connectivity index (χ1n) is 10.9. The Morgan fingerprint density at radius 2 is 1.87 bits per heavy atom. The van der Waals surface area contributed by atoms with E-state index in [4.69, 9.17) is 9.47 Å². The van der Waals surface area contributed by atoms with Crippen LogP contribution in [0.5, 0.6) is 0 Å². The maximum Gasteiger partial charge on any atom is 0.412 e. The highest BCUT2D eigenvalue weighted by Crippen LogP contribution is 2.30. The summed E-state index contributed by atoms with van der Waals surface area (Å²) in [6, 6.07) is 9.61. The number of amides is 2. The molecule has 174 valence electrons. The number of alkyl halides is 1. The van der Waals surface area contributed by atoms with Gasteiger partial charge in [0.1, 0.15) is 11.3 Å². The van der Waals surface area contributed by atoms with E-state index in [0.717, 1.165) is 12.0 Å². The van der Waals surface area contributed by atoms with Crippen molar-refractivity contribution in [3.63, 3.8) is 0 Å². The van der Waals surface area contributed by atoms with Gasteiger partial charge >= 0.3 is 6.09 Å². The van der Waals surface area contributed by atoms with E-state index in [1.54, 1.807) is 4.90 Å². The second-order valence-electron chi connectivity index (χ2n) is 10.1. The molecule has 0 saturated carbocycles. The van der Waals surface area contributed by atoms with Crippen molar-refractivity contribution >= 4 is 27.9 Å². The van der Waals surface area contributed by atoms with E-state index in [2.05, 4.69) is 29.8 Å². The SMILES string of the molecule is CC(C)C[C@@H](Br)C(=O)N(Cc1ccccc1)C[C@@H]1COC(C)(C)N1C(=O)OC(C)(C)C. The van der Waals surface area contributed by atoms with Gasteiger partial charge in [-0.2, -0.15) is 0 Å². The molecule has 6 nitrogen and oxygen atoms in total. The van der Waals surface area contributed by atoms with Crippen molar-refractivity contribution in [3.8, 4) is 0 Å². The highest BCUT2D eigenvalue weighted by Gasteiger charge is 2.46. The molecule has 1 aromatic rings. The van der Waals surface area contributed by atoms with Gasteiger partial charge in [0.2, 0.25) is 5.91 Å². The number of carbonyl (C=O) groups is 2. The van der Waals surface area contributed by atoms with E-state index < -0.39 is 17.4 Å². The van der Waals surface area contributed by atoms with E-state index in [1.807, 2.05) is 69.9 Å². The van der Waals surface area contributed by atoms with Gasteiger partial charge in [-0.05, 0) is 52.5 Å². The van der Waals surface area contributed by atoms with Crippen LogP contribution in [0, 0.1) is 5.92 Å². The van der Waals surface area contributed by atoms with Crippen LogP contribution in [0.4, 0.5) is 4.79 Å². The third kappa shape index (κ3) is 7.49. The van der Waals surface area contributed by atoms with Crippen molar-refractivity contribution in [2.45, 2.75) is 83.6 Å². The molecule has 1 aliphatic heterocycles. The lowest BCUT2D eigenvalue weighted by molar-refractivity contribution is -0.132. The van der Waals surface area contributed by atoms with Crippen LogP contribution in [-0.2, 0) is 20.8 Å². The van der Waals surface area contributed by atoms with Crippen LogP contribution in [0.25, 0.3) is 0 Å². The lowest BCUT2D eigenvalue weighted by Gasteiger charge is -2.37. The van der Waals surface area contributed by atoms with Crippen molar-refractivity contribution in [1.82, 2.24) is 9.80 Å². The second kappa shape index (κ2) is 10.3. The van der Waals surface area contributed by atoms with E-state index >= 15 is 0 Å². The third-order valence-electron chi connectivity index (χ3n) is 5.07. The molecule has 2 rings (SSSR count). The van der Waals surface area contributed by atoms with Crippen LogP contribution in [-0.4, -0.2) is 57.1 Å². The lowest BCUT2D eigenvalue weighted by Crippen LogP contribution is -2.54. The van der Waals surface area contributed by atoms with Gasteiger partial charge in [-0.25, -0.2) is 4.79 Å². The Morgan fingerprint density at radius 3 is 2.42 bits per heavy atom. The molecule has 0 unspecified atom stereocenters. The standard InChI is InChI=1S/C24H37BrN2O4/c1-17(2)13-20(25)21(28)26(14-18-11-9-8-10-12-18)15-19-16-30-24(6,7)27(19)22(29)31-23(3,4)5/h8-12,17,19-20H,13-16H2,1-7H3/t19-,20-/m1/s1. The van der Waals surface area contributed by atoms with Gasteiger partial charge < -0.3 is 14.4 Å². The van der Waals surface area contributed by atoms with Gasteiger partial charge in [0, 0.05) is 13.1 Å². The maximum absolute atomic E-state index is 13.3. The molecule has 0 bridgehead atoms. The summed E-state index contributed by atoms with van der Waals surface area (Å²) >= 11 is 3.59. The average Bonchev–Trinajstić information content (AvgIpc) is 2.93. The van der Waals surface area contributed by atoms with Crippen molar-refractivity contribution < 1.29 is 19.1 Å². The minimum Gasteiger partial charge on any atom is -0.444 e. The fourth-order valence-corrected chi connectivity index (χ4v) is 4.74. The Balaban J connectivity index is 2.26. The van der Waals surface area contributed by atoms with Crippen LogP contribution in [0.15, 0.2) is 30.3 Å². The molecule has 1 aromatic carbocycles. The molecular formula is C24H37BrN2O4. The summed E-state index contributed by atoms with van der Waals surface area (Å²) in [7, 11) is 0. The van der Waals surface area contributed by atoms with Gasteiger partial charge in [-0.15, -0.1) is 0 Å². The van der Waals surface area contributed by atoms with E-state index in [9.17, 15) is 9.59 Å². The van der Waals surface area contributed by atoms with Crippen LogP contribution in [0.1, 0.15) is 60.5 Å². The number of carbonyl (C=O) groups excluding carboxylic acids is 2. The summed E-state index contributed by atoms with van der Waals surface area (Å²) in [5.74, 6) is 0.408. The molecule has 0 spiro atoms. The first-order chi connectivity index (χ1) is 14.3. The van der Waals surface area contributed by atoms with Gasteiger partial charge in [0.25, 0.3) is 0 Å². The summed E-state index contributed by atoms with van der Waals surface area (Å²) in [4.78, 5) is 29.5. The van der Waals surface area contributed by atoms with Gasteiger partial charge in [-0.1, -0.05) is 60.1 Å². The van der Waals surface area contributed by atoms with Crippen molar-refractivity contribution in [3.05, 3.63) is 35.9 Å². The Labute approximate surface area is 195 Å². The number of benzene rings is 1. The number of hydrogen-bond donors (Lipinski definition) is 0. The fourth-order valence-electron chi connectivity index (χ4n) is 3.70. The molecule has 0 aromatic heterocycles. The number of ether oxygens (including phenoxy) is 2. The van der Waals surface area contributed by atoms with Gasteiger partial charge in [0.15, 0.2) is 0 Å². The zero-order valence-corrected chi connectivity index (χ0v) is 21.4. The van der Waals surface area contributed by atoms with Crippen molar-refractivity contribution in [1.29, 1.82) is 0 Å². The third-order valence-corrected chi connectivity index (χ3v) is 5.84. The van der Waals surface area contributed by atoms with Crippen LogP contribution < -0.4 is 0 Å². The molecule has 0 aliphatic carbocycles. The minimum absolute atomic E-state index is 0.0198. The summed E-state index contributed by atoms with van der Waals surface area (Å²) in [6.07, 6.45) is 0.316. The molecule has 2 atom stereocenters. The normalized spacial score (nSPS) is 19.4. The topological polar surface area (TPSA) is 59.1 Å². The number of hydrogen-bond acceptors (Lipinski definition) is 4. The molecule has 0 N–H and O–H groups in total. The maximum atomic E-state index is 13.3. The first kappa shape index (κ1) is 25.7. The van der Waals surface area contributed by atoms with Crippen molar-refractivity contribution in [2.24, 2.45) is 5.92 Å². The summed E-state index contributed by atoms with van der Waals surface area (Å²) < 4.78 is 11.6. The number of halogens is 1. The van der Waals surface area contributed by atoms with Gasteiger partial charge in [0.05, 0.1) is 17.5 Å². The van der Waals surface area contributed by atoms with E-state index in [1.165, 1.54) is 0 Å². The Kier molecular flexibility index (Phi) is 8.56. The van der Waals surface area contributed by atoms with E-state index in [0.29, 0.717) is 25.6 Å². The largest absolute Gasteiger partial charge is 0.444 e. The Morgan fingerprint density at radius 1 is 1.26 bits per heavy atom. The van der Waals surface area contributed by atoms with Crippen LogP contribution in [0.2, 0.25) is 0 Å². The number of nitrogens with zero attached hydrogens (tertiary/aromatic N) is 2. The molecule has 1 fully saturated rings. The second-order valence-corrected chi connectivity index (χ2v) is 11.2. The highest BCUT2D eigenvalue weighted by molar-refractivity contribution is 9.10. The van der Waals surface area contributed by atoms with Gasteiger partial charge in [-0.3, -0.25) is 9.69 Å². The Hall–Kier alpha value is -1.60. The average molecular weight is 497 g/mol. The molecule has 2 amide bonds. The Bertz CT molecular complexity index is 746. The molecular weight excluding hydrogens is 460 g/mol.